The van der Waals surface area contributed by atoms with Crippen LogP contribution in [0.15, 0.2) is 58.6 Å². The summed E-state index contributed by atoms with van der Waals surface area (Å²) in [5.74, 6) is 0.590. The first-order chi connectivity index (χ1) is 13.0. The van der Waals surface area contributed by atoms with E-state index in [0.717, 1.165) is 16.1 Å². The monoisotopic (exact) mass is 418 g/mol. The molecule has 1 N–H and O–H groups in total. The highest BCUT2D eigenvalue weighted by molar-refractivity contribution is 8.00. The second kappa shape index (κ2) is 8.82. The zero-order chi connectivity index (χ0) is 19.4. The number of rotatable bonds is 6. The Morgan fingerprint density at radius 1 is 1.15 bits per heavy atom. The lowest BCUT2D eigenvalue weighted by atomic mass is 10.2. The van der Waals surface area contributed by atoms with E-state index in [4.69, 9.17) is 11.6 Å². The third kappa shape index (κ3) is 4.48. The Hall–Kier alpha value is -1.96. The van der Waals surface area contributed by atoms with E-state index in [1.165, 1.54) is 11.8 Å². The number of nitrogens with one attached hydrogen (secondary N) is 1. The number of halogens is 1. The number of anilines is 1. The Morgan fingerprint density at radius 2 is 1.85 bits per heavy atom. The Bertz CT molecular complexity index is 960. The topological polar surface area (TPSA) is 59.8 Å². The fraction of sp³-hybridized carbons (Fsp3) is 0.211. The minimum Gasteiger partial charge on any atom is -0.324 e. The molecule has 0 aliphatic carbocycles. The van der Waals surface area contributed by atoms with Gasteiger partial charge in [-0.25, -0.2) is 0 Å². The molecule has 0 saturated heterocycles. The van der Waals surface area contributed by atoms with E-state index in [1.807, 2.05) is 73.3 Å². The number of thioether (sulfide) groups is 2. The number of para-hydroxylation sites is 1. The molecule has 1 aromatic heterocycles. The van der Waals surface area contributed by atoms with E-state index < -0.39 is 0 Å². The van der Waals surface area contributed by atoms with Crippen molar-refractivity contribution in [1.82, 2.24) is 14.8 Å². The van der Waals surface area contributed by atoms with Crippen LogP contribution in [-0.2, 0) is 11.8 Å². The van der Waals surface area contributed by atoms with Gasteiger partial charge in [-0.3, -0.25) is 4.79 Å². The van der Waals surface area contributed by atoms with Crippen molar-refractivity contribution in [3.63, 3.8) is 0 Å². The molecular weight excluding hydrogens is 400 g/mol. The number of nitrogens with zero attached hydrogens (tertiary/aromatic N) is 3. The predicted octanol–water partition coefficient (Wildman–Crippen LogP) is 4.98. The zero-order valence-corrected chi connectivity index (χ0v) is 17.5. The van der Waals surface area contributed by atoms with Gasteiger partial charge in [0.2, 0.25) is 5.91 Å². The zero-order valence-electron chi connectivity index (χ0n) is 15.1. The molecule has 0 aliphatic rings. The first kappa shape index (κ1) is 19.8. The van der Waals surface area contributed by atoms with E-state index in [1.54, 1.807) is 11.8 Å². The van der Waals surface area contributed by atoms with Gasteiger partial charge in [-0.1, -0.05) is 47.6 Å². The first-order valence-corrected chi connectivity index (χ1v) is 10.7. The van der Waals surface area contributed by atoms with Crippen molar-refractivity contribution in [3.05, 3.63) is 53.6 Å². The van der Waals surface area contributed by atoms with Gasteiger partial charge in [0.05, 0.1) is 16.0 Å². The summed E-state index contributed by atoms with van der Waals surface area (Å²) in [5.41, 5.74) is 1.63. The lowest BCUT2D eigenvalue weighted by molar-refractivity contribution is -0.115. The van der Waals surface area contributed by atoms with Crippen molar-refractivity contribution < 1.29 is 4.79 Å². The maximum absolute atomic E-state index is 12.6. The molecule has 0 spiro atoms. The quantitative estimate of drug-likeness (QED) is 0.572. The Kier molecular flexibility index (Phi) is 6.46. The summed E-state index contributed by atoms with van der Waals surface area (Å²) in [6.07, 6.45) is 1.99. The molecule has 0 radical (unpaired) electrons. The lowest BCUT2D eigenvalue weighted by Gasteiger charge is -2.13. The van der Waals surface area contributed by atoms with E-state index in [9.17, 15) is 4.79 Å². The van der Waals surface area contributed by atoms with E-state index in [0.29, 0.717) is 16.0 Å². The van der Waals surface area contributed by atoms with Crippen LogP contribution in [0.3, 0.4) is 0 Å². The number of hydrogen-bond donors (Lipinski definition) is 1. The molecule has 140 valence electrons. The molecule has 3 rings (SSSR count). The van der Waals surface area contributed by atoms with Crippen molar-refractivity contribution in [3.8, 4) is 11.4 Å². The van der Waals surface area contributed by atoms with Gasteiger partial charge in [-0.05, 0) is 37.4 Å². The summed E-state index contributed by atoms with van der Waals surface area (Å²) in [6.45, 7) is 1.85. The van der Waals surface area contributed by atoms with E-state index in [-0.39, 0.29) is 11.2 Å². The van der Waals surface area contributed by atoms with Gasteiger partial charge >= 0.3 is 0 Å². The van der Waals surface area contributed by atoms with Gasteiger partial charge in [0.15, 0.2) is 11.0 Å². The maximum atomic E-state index is 12.6. The van der Waals surface area contributed by atoms with Crippen molar-refractivity contribution in [2.45, 2.75) is 22.2 Å². The molecule has 8 heteroatoms. The smallest absolute Gasteiger partial charge is 0.237 e. The molecule has 0 aliphatic heterocycles. The summed E-state index contributed by atoms with van der Waals surface area (Å²) in [7, 11) is 1.87. The van der Waals surface area contributed by atoms with Crippen LogP contribution in [-0.4, -0.2) is 32.2 Å². The molecule has 5 nitrogen and oxygen atoms in total. The Balaban J connectivity index is 1.74. The van der Waals surface area contributed by atoms with Gasteiger partial charge in [-0.15, -0.1) is 22.0 Å². The van der Waals surface area contributed by atoms with Crippen LogP contribution < -0.4 is 5.32 Å². The standard InChI is InChI=1S/C19H19ClN4OS2/c1-12(18(25)21-15-10-6-7-11-16(15)26-3)27-19-23-22-17(24(19)2)13-8-4-5-9-14(13)20/h4-12H,1-3H3,(H,21,25)/t12-/m0/s1. The summed E-state index contributed by atoms with van der Waals surface area (Å²) in [5, 5.41) is 12.4. The van der Waals surface area contributed by atoms with Crippen LogP contribution >= 0.6 is 35.1 Å². The molecule has 0 saturated carbocycles. The average Bonchev–Trinajstić information content (AvgIpc) is 3.03. The Labute approximate surface area is 171 Å². The molecule has 27 heavy (non-hydrogen) atoms. The number of benzene rings is 2. The summed E-state index contributed by atoms with van der Waals surface area (Å²) >= 11 is 9.22. The van der Waals surface area contributed by atoms with Gasteiger partial charge < -0.3 is 9.88 Å². The number of hydrogen-bond acceptors (Lipinski definition) is 5. The molecule has 0 fully saturated rings. The fourth-order valence-electron chi connectivity index (χ4n) is 2.49. The molecule has 3 aromatic rings. The van der Waals surface area contributed by atoms with Crippen molar-refractivity contribution in [1.29, 1.82) is 0 Å². The number of carbonyl (C=O) groups is 1. The van der Waals surface area contributed by atoms with Crippen molar-refractivity contribution >= 4 is 46.7 Å². The van der Waals surface area contributed by atoms with Crippen LogP contribution in [0.1, 0.15) is 6.92 Å². The van der Waals surface area contributed by atoms with Crippen LogP contribution in [0.2, 0.25) is 5.02 Å². The highest BCUT2D eigenvalue weighted by Crippen LogP contribution is 2.30. The van der Waals surface area contributed by atoms with Gasteiger partial charge in [0, 0.05) is 17.5 Å². The molecule has 0 unspecified atom stereocenters. The van der Waals surface area contributed by atoms with Crippen LogP contribution in [0.5, 0.6) is 0 Å². The third-order valence-electron chi connectivity index (χ3n) is 3.97. The minimum atomic E-state index is -0.332. The number of aromatic nitrogens is 3. The molecule has 1 amide bonds. The van der Waals surface area contributed by atoms with Crippen molar-refractivity contribution in [2.75, 3.05) is 11.6 Å². The highest BCUT2D eigenvalue weighted by Gasteiger charge is 2.20. The van der Waals surface area contributed by atoms with Crippen molar-refractivity contribution in [2.24, 2.45) is 7.05 Å². The lowest BCUT2D eigenvalue weighted by Crippen LogP contribution is -2.23. The fourth-order valence-corrected chi connectivity index (χ4v) is 4.08. The SMILES string of the molecule is CSc1ccccc1NC(=O)[C@H](C)Sc1nnc(-c2ccccc2Cl)n1C. The molecule has 2 aromatic carbocycles. The summed E-state index contributed by atoms with van der Waals surface area (Å²) < 4.78 is 1.85. The van der Waals surface area contributed by atoms with E-state index >= 15 is 0 Å². The molecule has 0 bridgehead atoms. The van der Waals surface area contributed by atoms with Gasteiger partial charge in [0.25, 0.3) is 0 Å². The van der Waals surface area contributed by atoms with Gasteiger partial charge in [0.1, 0.15) is 0 Å². The molecular formula is C19H19ClN4OS2. The Morgan fingerprint density at radius 3 is 2.59 bits per heavy atom. The number of carbonyl (C=O) groups excluding carboxylic acids is 1. The summed E-state index contributed by atoms with van der Waals surface area (Å²) in [6, 6.07) is 15.2. The average molecular weight is 419 g/mol. The second-order valence-electron chi connectivity index (χ2n) is 5.79. The van der Waals surface area contributed by atoms with Crippen LogP contribution in [0.4, 0.5) is 5.69 Å². The number of amides is 1. The second-order valence-corrected chi connectivity index (χ2v) is 8.36. The minimum absolute atomic E-state index is 0.0798. The predicted molar refractivity (Wildman–Crippen MR) is 114 cm³/mol. The van der Waals surface area contributed by atoms with Crippen LogP contribution in [0.25, 0.3) is 11.4 Å². The first-order valence-electron chi connectivity index (χ1n) is 8.26. The third-order valence-corrected chi connectivity index (χ3v) is 6.23. The van der Waals surface area contributed by atoms with E-state index in [2.05, 4.69) is 15.5 Å². The largest absolute Gasteiger partial charge is 0.324 e. The molecule has 1 heterocycles. The highest BCUT2D eigenvalue weighted by atomic mass is 35.5. The maximum Gasteiger partial charge on any atom is 0.237 e. The molecule has 1 atom stereocenters. The van der Waals surface area contributed by atoms with Gasteiger partial charge in [-0.2, -0.15) is 0 Å². The normalized spacial score (nSPS) is 12.0. The summed E-state index contributed by atoms with van der Waals surface area (Å²) in [4.78, 5) is 13.6. The van der Waals surface area contributed by atoms with Crippen LogP contribution in [0, 0.1) is 0 Å².